The predicted octanol–water partition coefficient (Wildman–Crippen LogP) is 1.82. The SMILES string of the molecule is CC(C)(N)c1cncc2ccncc12. The summed E-state index contributed by atoms with van der Waals surface area (Å²) < 4.78 is 0. The molecule has 0 amide bonds. The van der Waals surface area contributed by atoms with E-state index in [-0.39, 0.29) is 5.54 Å². The van der Waals surface area contributed by atoms with Gasteiger partial charge in [-0.15, -0.1) is 0 Å². The highest BCUT2D eigenvalue weighted by atomic mass is 14.7. The topological polar surface area (TPSA) is 51.8 Å². The van der Waals surface area contributed by atoms with Gasteiger partial charge in [0.2, 0.25) is 0 Å². The summed E-state index contributed by atoms with van der Waals surface area (Å²) in [6, 6.07) is 1.94. The van der Waals surface area contributed by atoms with E-state index in [9.17, 15) is 0 Å². The van der Waals surface area contributed by atoms with Crippen molar-refractivity contribution in [2.45, 2.75) is 19.4 Å². The van der Waals surface area contributed by atoms with Crippen molar-refractivity contribution in [1.29, 1.82) is 0 Å². The Hall–Kier alpha value is -1.48. The van der Waals surface area contributed by atoms with Gasteiger partial charge in [0.1, 0.15) is 0 Å². The van der Waals surface area contributed by atoms with Gasteiger partial charge in [0.25, 0.3) is 0 Å². The van der Waals surface area contributed by atoms with Crippen LogP contribution in [-0.4, -0.2) is 9.97 Å². The predicted molar refractivity (Wildman–Crippen MR) is 56.8 cm³/mol. The lowest BCUT2D eigenvalue weighted by molar-refractivity contribution is 0.557. The van der Waals surface area contributed by atoms with E-state index in [0.717, 1.165) is 16.3 Å². The van der Waals surface area contributed by atoms with Gasteiger partial charge in [-0.1, -0.05) is 0 Å². The van der Waals surface area contributed by atoms with Crippen LogP contribution >= 0.6 is 0 Å². The Morgan fingerprint density at radius 1 is 1.14 bits per heavy atom. The maximum absolute atomic E-state index is 6.06. The van der Waals surface area contributed by atoms with E-state index in [1.54, 1.807) is 6.20 Å². The molecule has 2 rings (SSSR count). The van der Waals surface area contributed by atoms with Crippen molar-refractivity contribution in [1.82, 2.24) is 9.97 Å². The quantitative estimate of drug-likeness (QED) is 0.741. The lowest BCUT2D eigenvalue weighted by Gasteiger charge is -2.20. The van der Waals surface area contributed by atoms with Crippen LogP contribution in [0, 0.1) is 0 Å². The Kier molecular flexibility index (Phi) is 1.97. The molecule has 0 aliphatic rings. The van der Waals surface area contributed by atoms with Crippen molar-refractivity contribution in [3.05, 3.63) is 36.4 Å². The molecule has 0 aliphatic carbocycles. The number of rotatable bonds is 1. The fourth-order valence-electron chi connectivity index (χ4n) is 1.52. The molecule has 3 heteroatoms. The third-order valence-corrected chi connectivity index (χ3v) is 2.26. The zero-order chi connectivity index (χ0) is 10.2. The number of aromatic nitrogens is 2. The van der Waals surface area contributed by atoms with E-state index in [0.29, 0.717) is 0 Å². The Balaban J connectivity index is 2.78. The van der Waals surface area contributed by atoms with Crippen molar-refractivity contribution in [3.63, 3.8) is 0 Å². The molecule has 2 N–H and O–H groups in total. The number of pyridine rings is 2. The highest BCUT2D eigenvalue weighted by Gasteiger charge is 2.17. The maximum Gasteiger partial charge on any atom is 0.0374 e. The normalized spacial score (nSPS) is 11.9. The molecule has 72 valence electrons. The van der Waals surface area contributed by atoms with Gasteiger partial charge < -0.3 is 5.73 Å². The smallest absolute Gasteiger partial charge is 0.0374 e. The van der Waals surface area contributed by atoms with Crippen LogP contribution in [0.1, 0.15) is 19.4 Å². The third kappa shape index (κ3) is 1.46. The van der Waals surface area contributed by atoms with Crippen molar-refractivity contribution < 1.29 is 0 Å². The minimum absolute atomic E-state index is 0.379. The van der Waals surface area contributed by atoms with Crippen LogP contribution in [0.2, 0.25) is 0 Å². The summed E-state index contributed by atoms with van der Waals surface area (Å²) in [4.78, 5) is 8.28. The molecule has 0 atom stereocenters. The number of hydrogen-bond acceptors (Lipinski definition) is 3. The summed E-state index contributed by atoms with van der Waals surface area (Å²) in [7, 11) is 0. The summed E-state index contributed by atoms with van der Waals surface area (Å²) >= 11 is 0. The number of nitrogens with two attached hydrogens (primary N) is 1. The van der Waals surface area contributed by atoms with E-state index < -0.39 is 0 Å². The van der Waals surface area contributed by atoms with Gasteiger partial charge in [0.15, 0.2) is 0 Å². The number of hydrogen-bond donors (Lipinski definition) is 1. The second-order valence-electron chi connectivity index (χ2n) is 4.01. The molecule has 0 aromatic carbocycles. The molecule has 0 saturated carbocycles. The fraction of sp³-hybridized carbons (Fsp3) is 0.273. The van der Waals surface area contributed by atoms with Crippen LogP contribution in [0.5, 0.6) is 0 Å². The highest BCUT2D eigenvalue weighted by Crippen LogP contribution is 2.24. The van der Waals surface area contributed by atoms with Crippen LogP contribution in [0.15, 0.2) is 30.9 Å². The molecule has 3 nitrogen and oxygen atoms in total. The third-order valence-electron chi connectivity index (χ3n) is 2.26. The second-order valence-corrected chi connectivity index (χ2v) is 4.01. The monoisotopic (exact) mass is 187 g/mol. The van der Waals surface area contributed by atoms with E-state index in [1.165, 1.54) is 0 Å². The molecule has 14 heavy (non-hydrogen) atoms. The van der Waals surface area contributed by atoms with Crippen molar-refractivity contribution in [2.24, 2.45) is 5.73 Å². The highest BCUT2D eigenvalue weighted by molar-refractivity contribution is 5.84. The molecule has 0 spiro atoms. The van der Waals surface area contributed by atoms with Gasteiger partial charge in [-0.3, -0.25) is 9.97 Å². The number of fused-ring (bicyclic) bond motifs is 1. The first-order chi connectivity index (χ1) is 6.59. The van der Waals surface area contributed by atoms with E-state index >= 15 is 0 Å². The molecular formula is C11H13N3. The lowest BCUT2D eigenvalue weighted by Crippen LogP contribution is -2.29. The molecule has 0 unspecified atom stereocenters. The maximum atomic E-state index is 6.06. The molecule has 0 aliphatic heterocycles. The van der Waals surface area contributed by atoms with E-state index in [4.69, 9.17) is 5.73 Å². The summed E-state index contributed by atoms with van der Waals surface area (Å²) in [6.07, 6.45) is 7.23. The second kappa shape index (κ2) is 3.03. The van der Waals surface area contributed by atoms with Gasteiger partial charge in [0.05, 0.1) is 0 Å². The lowest BCUT2D eigenvalue weighted by atomic mass is 9.93. The van der Waals surface area contributed by atoms with Crippen molar-refractivity contribution in [3.8, 4) is 0 Å². The first-order valence-electron chi connectivity index (χ1n) is 4.56. The molecule has 0 radical (unpaired) electrons. The summed E-state index contributed by atoms with van der Waals surface area (Å²) in [5.74, 6) is 0. The van der Waals surface area contributed by atoms with Crippen LogP contribution in [0.3, 0.4) is 0 Å². The number of nitrogens with zero attached hydrogens (tertiary/aromatic N) is 2. The van der Waals surface area contributed by atoms with Gasteiger partial charge in [-0.2, -0.15) is 0 Å². The summed E-state index contributed by atoms with van der Waals surface area (Å²) in [5, 5.41) is 2.16. The van der Waals surface area contributed by atoms with Crippen LogP contribution in [0.4, 0.5) is 0 Å². The Morgan fingerprint density at radius 2 is 1.93 bits per heavy atom. The Morgan fingerprint density at radius 3 is 2.64 bits per heavy atom. The Labute approximate surface area is 83.0 Å². The van der Waals surface area contributed by atoms with Crippen LogP contribution < -0.4 is 5.73 Å². The molecule has 2 heterocycles. The van der Waals surface area contributed by atoms with Gasteiger partial charge >= 0.3 is 0 Å². The van der Waals surface area contributed by atoms with Crippen molar-refractivity contribution in [2.75, 3.05) is 0 Å². The molecule has 0 saturated heterocycles. The average molecular weight is 187 g/mol. The largest absolute Gasteiger partial charge is 0.322 e. The first-order valence-corrected chi connectivity index (χ1v) is 4.56. The standard InChI is InChI=1S/C11H13N3/c1-11(2,12)10-7-14-5-8-3-4-13-6-9(8)10/h3-7H,12H2,1-2H3. The molecule has 2 aromatic heterocycles. The molecule has 0 bridgehead atoms. The molecular weight excluding hydrogens is 174 g/mol. The van der Waals surface area contributed by atoms with Gasteiger partial charge in [-0.05, 0) is 25.5 Å². The first kappa shape index (κ1) is 9.09. The average Bonchev–Trinajstić information content (AvgIpc) is 2.15. The molecule has 0 fully saturated rings. The zero-order valence-electron chi connectivity index (χ0n) is 8.36. The van der Waals surface area contributed by atoms with Gasteiger partial charge in [0, 0.05) is 41.1 Å². The van der Waals surface area contributed by atoms with Crippen LogP contribution in [-0.2, 0) is 5.54 Å². The molecule has 2 aromatic rings. The van der Waals surface area contributed by atoms with Crippen molar-refractivity contribution >= 4 is 10.8 Å². The van der Waals surface area contributed by atoms with Gasteiger partial charge in [-0.25, -0.2) is 0 Å². The Bertz CT molecular complexity index is 452. The summed E-state index contributed by atoms with van der Waals surface area (Å²) in [6.45, 7) is 3.94. The van der Waals surface area contributed by atoms with E-state index in [1.807, 2.05) is 38.5 Å². The minimum Gasteiger partial charge on any atom is -0.322 e. The summed E-state index contributed by atoms with van der Waals surface area (Å²) in [5.41, 5.74) is 6.71. The fourth-order valence-corrected chi connectivity index (χ4v) is 1.52. The van der Waals surface area contributed by atoms with E-state index in [2.05, 4.69) is 9.97 Å². The van der Waals surface area contributed by atoms with Crippen LogP contribution in [0.25, 0.3) is 10.8 Å². The minimum atomic E-state index is -0.379. The zero-order valence-corrected chi connectivity index (χ0v) is 8.36.